The van der Waals surface area contributed by atoms with Gasteiger partial charge in [-0.2, -0.15) is 0 Å². The lowest BCUT2D eigenvalue weighted by Crippen LogP contribution is -2.20. The third kappa shape index (κ3) is 3.18. The second-order valence-corrected chi connectivity index (χ2v) is 6.33. The predicted molar refractivity (Wildman–Crippen MR) is 90.7 cm³/mol. The van der Waals surface area contributed by atoms with Crippen molar-refractivity contribution in [3.63, 3.8) is 0 Å². The van der Waals surface area contributed by atoms with E-state index in [-0.39, 0.29) is 6.04 Å². The van der Waals surface area contributed by atoms with Gasteiger partial charge in [0, 0.05) is 3.57 Å². The summed E-state index contributed by atoms with van der Waals surface area (Å²) in [5.41, 5.74) is 6.76. The molecule has 2 rings (SSSR count). The summed E-state index contributed by atoms with van der Waals surface area (Å²) in [6.45, 7) is 6.56. The Labute approximate surface area is 129 Å². The molecule has 0 saturated carbocycles. The average molecular weight is 365 g/mol. The van der Waals surface area contributed by atoms with Crippen LogP contribution in [0.25, 0.3) is 0 Å². The highest BCUT2D eigenvalue weighted by molar-refractivity contribution is 14.1. The Bertz CT molecular complexity index is 549. The molecule has 0 spiro atoms. The molecular weight excluding hydrogens is 345 g/mol. The highest BCUT2D eigenvalue weighted by atomic mass is 127. The molecule has 0 aliphatic rings. The summed E-state index contributed by atoms with van der Waals surface area (Å²) in [5, 5.41) is 3.45. The molecule has 0 aliphatic heterocycles. The maximum Gasteiger partial charge on any atom is 0.0579 e. The van der Waals surface area contributed by atoms with Gasteiger partial charge in [0.05, 0.1) is 6.04 Å². The van der Waals surface area contributed by atoms with Crippen LogP contribution in [0.2, 0.25) is 0 Å². The monoisotopic (exact) mass is 365 g/mol. The zero-order chi connectivity index (χ0) is 14.0. The van der Waals surface area contributed by atoms with Crippen molar-refractivity contribution >= 4 is 22.6 Å². The van der Waals surface area contributed by atoms with E-state index >= 15 is 0 Å². The fraction of sp³-hybridized carbons (Fsp3) is 0.294. The van der Waals surface area contributed by atoms with Gasteiger partial charge in [-0.25, -0.2) is 0 Å². The Kier molecular flexibility index (Phi) is 4.63. The summed E-state index contributed by atoms with van der Waals surface area (Å²) in [7, 11) is 2.03. The normalized spacial score (nSPS) is 12.5. The summed E-state index contributed by atoms with van der Waals surface area (Å²) in [6.07, 6.45) is 0. The van der Waals surface area contributed by atoms with Crippen LogP contribution >= 0.6 is 22.6 Å². The number of benzene rings is 2. The van der Waals surface area contributed by atoms with Crippen LogP contribution in [0.15, 0.2) is 36.4 Å². The van der Waals surface area contributed by atoms with E-state index in [1.165, 1.54) is 31.4 Å². The number of rotatable bonds is 3. The van der Waals surface area contributed by atoms with E-state index in [0.717, 1.165) is 0 Å². The van der Waals surface area contributed by atoms with Crippen LogP contribution in [0, 0.1) is 24.3 Å². The summed E-state index contributed by atoms with van der Waals surface area (Å²) in [5.74, 6) is 0. The van der Waals surface area contributed by atoms with Gasteiger partial charge >= 0.3 is 0 Å². The van der Waals surface area contributed by atoms with Crippen LogP contribution in [0.1, 0.15) is 33.9 Å². The van der Waals surface area contributed by atoms with Crippen molar-refractivity contribution in [1.82, 2.24) is 5.32 Å². The molecular formula is C17H20IN. The highest BCUT2D eigenvalue weighted by Crippen LogP contribution is 2.28. The zero-order valence-electron chi connectivity index (χ0n) is 11.9. The van der Waals surface area contributed by atoms with Crippen LogP contribution in [-0.4, -0.2) is 7.05 Å². The van der Waals surface area contributed by atoms with Crippen molar-refractivity contribution in [1.29, 1.82) is 0 Å². The molecule has 1 N–H and O–H groups in total. The molecule has 0 fully saturated rings. The molecule has 0 amide bonds. The lowest BCUT2D eigenvalue weighted by molar-refractivity contribution is 0.683. The number of halogens is 1. The molecule has 0 radical (unpaired) electrons. The Morgan fingerprint density at radius 2 is 1.47 bits per heavy atom. The summed E-state index contributed by atoms with van der Waals surface area (Å²) < 4.78 is 1.27. The van der Waals surface area contributed by atoms with Gasteiger partial charge in [-0.15, -0.1) is 0 Å². The molecule has 0 heterocycles. The molecule has 1 atom stereocenters. The first kappa shape index (κ1) is 14.5. The van der Waals surface area contributed by atoms with E-state index in [0.29, 0.717) is 0 Å². The second kappa shape index (κ2) is 6.06. The molecule has 2 heteroatoms. The minimum absolute atomic E-state index is 0.262. The predicted octanol–water partition coefficient (Wildman–Crippen LogP) is 4.53. The van der Waals surface area contributed by atoms with E-state index < -0.39 is 0 Å². The molecule has 0 bridgehead atoms. The molecule has 0 saturated heterocycles. The SMILES string of the molecule is CNC(c1ccc(I)cc1)c1c(C)cc(C)cc1C. The molecule has 0 aliphatic carbocycles. The molecule has 1 unspecified atom stereocenters. The van der Waals surface area contributed by atoms with Crippen LogP contribution in [0.3, 0.4) is 0 Å². The average Bonchev–Trinajstić information content (AvgIpc) is 2.35. The van der Waals surface area contributed by atoms with E-state index in [9.17, 15) is 0 Å². The van der Waals surface area contributed by atoms with Gasteiger partial charge < -0.3 is 5.32 Å². The fourth-order valence-corrected chi connectivity index (χ4v) is 3.14. The maximum absolute atomic E-state index is 3.45. The minimum atomic E-state index is 0.262. The molecule has 100 valence electrons. The van der Waals surface area contributed by atoms with Gasteiger partial charge in [-0.1, -0.05) is 29.8 Å². The van der Waals surface area contributed by atoms with Crippen LogP contribution in [0.5, 0.6) is 0 Å². The Morgan fingerprint density at radius 3 is 1.95 bits per heavy atom. The van der Waals surface area contributed by atoms with Crippen molar-refractivity contribution in [2.45, 2.75) is 26.8 Å². The van der Waals surface area contributed by atoms with E-state index in [1.54, 1.807) is 0 Å². The molecule has 2 aromatic carbocycles. The van der Waals surface area contributed by atoms with Gasteiger partial charge in [0.2, 0.25) is 0 Å². The van der Waals surface area contributed by atoms with E-state index in [1.807, 2.05) is 7.05 Å². The van der Waals surface area contributed by atoms with Gasteiger partial charge in [0.1, 0.15) is 0 Å². The Balaban J connectivity index is 2.51. The molecule has 2 aromatic rings. The van der Waals surface area contributed by atoms with Gasteiger partial charge in [0.25, 0.3) is 0 Å². The Hall–Kier alpha value is -0.870. The number of nitrogens with one attached hydrogen (secondary N) is 1. The first-order valence-electron chi connectivity index (χ1n) is 6.53. The zero-order valence-corrected chi connectivity index (χ0v) is 14.1. The third-order valence-electron chi connectivity index (χ3n) is 3.52. The van der Waals surface area contributed by atoms with Crippen molar-refractivity contribution in [3.05, 3.63) is 67.8 Å². The highest BCUT2D eigenvalue weighted by Gasteiger charge is 2.16. The summed E-state index contributed by atoms with van der Waals surface area (Å²) in [4.78, 5) is 0. The minimum Gasteiger partial charge on any atom is -0.309 e. The molecule has 0 aromatic heterocycles. The van der Waals surface area contributed by atoms with Crippen LogP contribution < -0.4 is 5.32 Å². The third-order valence-corrected chi connectivity index (χ3v) is 4.24. The van der Waals surface area contributed by atoms with Gasteiger partial charge in [-0.05, 0) is 84.8 Å². The van der Waals surface area contributed by atoms with Gasteiger partial charge in [-0.3, -0.25) is 0 Å². The van der Waals surface area contributed by atoms with Crippen molar-refractivity contribution in [2.75, 3.05) is 7.05 Å². The van der Waals surface area contributed by atoms with Crippen molar-refractivity contribution in [2.24, 2.45) is 0 Å². The summed E-state index contributed by atoms with van der Waals surface area (Å²) in [6, 6.07) is 13.5. The molecule has 1 nitrogen and oxygen atoms in total. The van der Waals surface area contributed by atoms with Crippen LogP contribution in [0.4, 0.5) is 0 Å². The number of aryl methyl sites for hydroxylation is 3. The second-order valence-electron chi connectivity index (χ2n) is 5.09. The van der Waals surface area contributed by atoms with Gasteiger partial charge in [0.15, 0.2) is 0 Å². The largest absolute Gasteiger partial charge is 0.309 e. The summed E-state index contributed by atoms with van der Waals surface area (Å²) >= 11 is 2.34. The standard InChI is InChI=1S/C17H20IN/c1-11-9-12(2)16(13(3)10-11)17(19-4)14-5-7-15(18)8-6-14/h5-10,17,19H,1-4H3. The fourth-order valence-electron chi connectivity index (χ4n) is 2.78. The number of hydrogen-bond donors (Lipinski definition) is 1. The van der Waals surface area contributed by atoms with Crippen molar-refractivity contribution in [3.8, 4) is 0 Å². The van der Waals surface area contributed by atoms with Crippen molar-refractivity contribution < 1.29 is 0 Å². The van der Waals surface area contributed by atoms with E-state index in [2.05, 4.69) is 85.1 Å². The lowest BCUT2D eigenvalue weighted by atomic mass is 9.90. The smallest absolute Gasteiger partial charge is 0.0579 e. The van der Waals surface area contributed by atoms with E-state index in [4.69, 9.17) is 0 Å². The first-order valence-corrected chi connectivity index (χ1v) is 7.61. The van der Waals surface area contributed by atoms with Crippen LogP contribution in [-0.2, 0) is 0 Å². The first-order chi connectivity index (χ1) is 9.02. The lowest BCUT2D eigenvalue weighted by Gasteiger charge is -2.22. The topological polar surface area (TPSA) is 12.0 Å². The number of hydrogen-bond acceptors (Lipinski definition) is 1. The maximum atomic E-state index is 3.45. The Morgan fingerprint density at radius 1 is 0.947 bits per heavy atom. The quantitative estimate of drug-likeness (QED) is 0.789. The molecule has 19 heavy (non-hydrogen) atoms.